The molecule has 0 saturated heterocycles. The van der Waals surface area contributed by atoms with E-state index in [-0.39, 0.29) is 12.5 Å². The van der Waals surface area contributed by atoms with Crippen LogP contribution in [0.15, 0.2) is 29.9 Å². The van der Waals surface area contributed by atoms with E-state index in [0.29, 0.717) is 16.1 Å². The molecular formula is C14H12N2O2S. The van der Waals surface area contributed by atoms with E-state index < -0.39 is 0 Å². The molecule has 0 aliphatic heterocycles. The van der Waals surface area contributed by atoms with Gasteiger partial charge in [0, 0.05) is 5.56 Å². The number of amides is 1. The Hall–Kier alpha value is -2.16. The van der Waals surface area contributed by atoms with Crippen LogP contribution in [0.2, 0.25) is 0 Å². The van der Waals surface area contributed by atoms with Crippen LogP contribution in [0, 0.1) is 18.8 Å². The number of carbonyl (C=O) groups excluding carboxylic acids is 1. The van der Waals surface area contributed by atoms with E-state index in [1.54, 1.807) is 5.51 Å². The smallest absolute Gasteiger partial charge is 0.267 e. The van der Waals surface area contributed by atoms with Crippen molar-refractivity contribution in [2.75, 3.05) is 11.9 Å². The van der Waals surface area contributed by atoms with Crippen molar-refractivity contribution >= 4 is 22.9 Å². The van der Waals surface area contributed by atoms with Gasteiger partial charge in [0.05, 0.1) is 17.4 Å². The Kier molecular flexibility index (Phi) is 4.29. The first-order valence-electron chi connectivity index (χ1n) is 5.61. The fourth-order valence-electron chi connectivity index (χ4n) is 1.52. The molecule has 0 aliphatic rings. The molecular weight excluding hydrogens is 260 g/mol. The standard InChI is InChI=1S/C14H12N2O2S/c1-10-4-5-11(3-2-6-17)12(7-10)16-14(18)13-8-15-9-19-13/h4-5,7-9,17H,6H2,1H3,(H,16,18). The van der Waals surface area contributed by atoms with E-state index in [9.17, 15) is 4.79 Å². The number of carbonyl (C=O) groups is 1. The van der Waals surface area contributed by atoms with Crippen LogP contribution in [0.4, 0.5) is 5.69 Å². The second-order valence-corrected chi connectivity index (χ2v) is 4.72. The lowest BCUT2D eigenvalue weighted by Gasteiger charge is -2.07. The molecule has 0 saturated carbocycles. The number of rotatable bonds is 2. The van der Waals surface area contributed by atoms with Gasteiger partial charge < -0.3 is 10.4 Å². The molecule has 2 N–H and O–H groups in total. The number of aromatic nitrogens is 1. The normalized spacial score (nSPS) is 9.58. The number of nitrogens with zero attached hydrogens (tertiary/aromatic N) is 1. The first kappa shape index (κ1) is 13.3. The highest BCUT2D eigenvalue weighted by Gasteiger charge is 2.09. The van der Waals surface area contributed by atoms with Crippen LogP contribution in [0.25, 0.3) is 0 Å². The fourth-order valence-corrected chi connectivity index (χ4v) is 2.03. The molecule has 1 aromatic carbocycles. The zero-order chi connectivity index (χ0) is 13.7. The lowest BCUT2D eigenvalue weighted by molar-refractivity contribution is 0.103. The third-order valence-corrected chi connectivity index (χ3v) is 3.15. The number of hydrogen-bond acceptors (Lipinski definition) is 4. The van der Waals surface area contributed by atoms with Gasteiger partial charge in [0.25, 0.3) is 5.91 Å². The van der Waals surface area contributed by atoms with Crippen molar-refractivity contribution in [2.24, 2.45) is 0 Å². The number of aryl methyl sites for hydroxylation is 1. The van der Waals surface area contributed by atoms with Crippen molar-refractivity contribution < 1.29 is 9.90 Å². The van der Waals surface area contributed by atoms with Gasteiger partial charge in [-0.2, -0.15) is 0 Å². The summed E-state index contributed by atoms with van der Waals surface area (Å²) < 4.78 is 0. The Labute approximate surface area is 115 Å². The highest BCUT2D eigenvalue weighted by Crippen LogP contribution is 2.18. The zero-order valence-electron chi connectivity index (χ0n) is 10.3. The Bertz CT molecular complexity index is 639. The molecule has 2 rings (SSSR count). The maximum absolute atomic E-state index is 12.0. The summed E-state index contributed by atoms with van der Waals surface area (Å²) in [5.41, 5.74) is 3.95. The van der Waals surface area contributed by atoms with Crippen molar-refractivity contribution in [1.82, 2.24) is 4.98 Å². The number of thiazole rings is 1. The maximum Gasteiger partial charge on any atom is 0.267 e. The molecule has 0 aliphatic carbocycles. The van der Waals surface area contributed by atoms with Crippen LogP contribution in [0.1, 0.15) is 20.8 Å². The van der Waals surface area contributed by atoms with Crippen LogP contribution < -0.4 is 5.32 Å². The van der Waals surface area contributed by atoms with Crippen molar-refractivity contribution in [1.29, 1.82) is 0 Å². The van der Waals surface area contributed by atoms with Crippen LogP contribution in [0.3, 0.4) is 0 Å². The number of nitrogens with one attached hydrogen (secondary N) is 1. The van der Waals surface area contributed by atoms with E-state index in [2.05, 4.69) is 22.1 Å². The molecule has 0 fully saturated rings. The van der Waals surface area contributed by atoms with Gasteiger partial charge in [0.2, 0.25) is 0 Å². The minimum atomic E-state index is -0.212. The Balaban J connectivity index is 2.28. The summed E-state index contributed by atoms with van der Waals surface area (Å²) in [4.78, 5) is 16.4. The summed E-state index contributed by atoms with van der Waals surface area (Å²) in [6.07, 6.45) is 1.52. The molecule has 1 amide bonds. The summed E-state index contributed by atoms with van der Waals surface area (Å²) in [7, 11) is 0. The first-order chi connectivity index (χ1) is 9.20. The molecule has 1 aromatic heterocycles. The first-order valence-corrected chi connectivity index (χ1v) is 6.49. The van der Waals surface area contributed by atoms with Gasteiger partial charge >= 0.3 is 0 Å². The highest BCUT2D eigenvalue weighted by molar-refractivity contribution is 7.11. The second-order valence-electron chi connectivity index (χ2n) is 3.83. The van der Waals surface area contributed by atoms with Crippen LogP contribution in [-0.2, 0) is 0 Å². The van der Waals surface area contributed by atoms with Gasteiger partial charge in [-0.3, -0.25) is 9.78 Å². The lowest BCUT2D eigenvalue weighted by atomic mass is 10.1. The SMILES string of the molecule is Cc1ccc(C#CCO)c(NC(=O)c2cncs2)c1. The minimum absolute atomic E-state index is 0.208. The molecule has 19 heavy (non-hydrogen) atoms. The number of aliphatic hydroxyl groups excluding tert-OH is 1. The van der Waals surface area contributed by atoms with Crippen molar-refractivity contribution in [3.05, 3.63) is 45.9 Å². The molecule has 4 nitrogen and oxygen atoms in total. The largest absolute Gasteiger partial charge is 0.384 e. The molecule has 0 bridgehead atoms. The Morgan fingerprint density at radius 2 is 2.37 bits per heavy atom. The average Bonchev–Trinajstić information content (AvgIpc) is 2.92. The van der Waals surface area contributed by atoms with Gasteiger partial charge in [-0.05, 0) is 24.6 Å². The number of hydrogen-bond donors (Lipinski definition) is 2. The number of benzene rings is 1. The van der Waals surface area contributed by atoms with Crippen molar-refractivity contribution in [3.8, 4) is 11.8 Å². The third kappa shape index (κ3) is 3.41. The van der Waals surface area contributed by atoms with E-state index in [1.165, 1.54) is 17.5 Å². The van der Waals surface area contributed by atoms with E-state index in [4.69, 9.17) is 5.11 Å². The molecule has 0 spiro atoms. The van der Waals surface area contributed by atoms with E-state index >= 15 is 0 Å². The molecule has 0 radical (unpaired) electrons. The van der Waals surface area contributed by atoms with Crippen molar-refractivity contribution in [2.45, 2.75) is 6.92 Å². The summed E-state index contributed by atoms with van der Waals surface area (Å²) in [5, 5.41) is 11.5. The summed E-state index contributed by atoms with van der Waals surface area (Å²) in [6, 6.07) is 5.57. The highest BCUT2D eigenvalue weighted by atomic mass is 32.1. The second kappa shape index (κ2) is 6.14. The predicted molar refractivity (Wildman–Crippen MR) is 75.2 cm³/mol. The topological polar surface area (TPSA) is 62.2 Å². The minimum Gasteiger partial charge on any atom is -0.384 e. The monoisotopic (exact) mass is 272 g/mol. The molecule has 0 unspecified atom stereocenters. The van der Waals surface area contributed by atoms with Gasteiger partial charge in [-0.15, -0.1) is 11.3 Å². The van der Waals surface area contributed by atoms with Gasteiger partial charge in [0.1, 0.15) is 11.5 Å². The van der Waals surface area contributed by atoms with E-state index in [0.717, 1.165) is 5.56 Å². The number of anilines is 1. The van der Waals surface area contributed by atoms with Gasteiger partial charge in [0.15, 0.2) is 0 Å². The molecule has 2 aromatic rings. The Morgan fingerprint density at radius 1 is 1.53 bits per heavy atom. The zero-order valence-corrected chi connectivity index (χ0v) is 11.1. The molecule has 5 heteroatoms. The quantitative estimate of drug-likeness (QED) is 0.822. The van der Waals surface area contributed by atoms with Crippen LogP contribution in [0.5, 0.6) is 0 Å². The Morgan fingerprint density at radius 3 is 3.05 bits per heavy atom. The summed E-state index contributed by atoms with van der Waals surface area (Å²) >= 11 is 1.28. The van der Waals surface area contributed by atoms with Crippen molar-refractivity contribution in [3.63, 3.8) is 0 Å². The third-order valence-electron chi connectivity index (χ3n) is 2.38. The van der Waals surface area contributed by atoms with Gasteiger partial charge in [-0.1, -0.05) is 17.9 Å². The maximum atomic E-state index is 12.0. The fraction of sp³-hybridized carbons (Fsp3) is 0.143. The van der Waals surface area contributed by atoms with Crippen LogP contribution >= 0.6 is 11.3 Å². The van der Waals surface area contributed by atoms with Crippen LogP contribution in [-0.4, -0.2) is 22.6 Å². The van der Waals surface area contributed by atoms with Gasteiger partial charge in [-0.25, -0.2) is 0 Å². The molecule has 96 valence electrons. The summed E-state index contributed by atoms with van der Waals surface area (Å²) in [5.74, 6) is 5.18. The number of aliphatic hydroxyl groups is 1. The molecule has 1 heterocycles. The van der Waals surface area contributed by atoms with E-state index in [1.807, 2.05) is 25.1 Å². The lowest BCUT2D eigenvalue weighted by Crippen LogP contribution is -2.11. The summed E-state index contributed by atoms with van der Waals surface area (Å²) in [6.45, 7) is 1.72. The molecule has 0 atom stereocenters. The average molecular weight is 272 g/mol. The predicted octanol–water partition coefficient (Wildman–Crippen LogP) is 2.05.